The maximum absolute atomic E-state index is 3.10. The highest BCUT2D eigenvalue weighted by atomic mass is 28.3. The zero-order chi connectivity index (χ0) is 52.6. The molecule has 0 atom stereocenters. The van der Waals surface area contributed by atoms with Gasteiger partial charge in [0.05, 0.1) is 5.69 Å². The molecule has 0 radical (unpaired) electrons. The maximum atomic E-state index is 2.66. The van der Waals surface area contributed by atoms with Gasteiger partial charge in [-0.1, -0.05) is 250 Å². The second-order valence-corrected chi connectivity index (χ2v) is 27.9. The van der Waals surface area contributed by atoms with Crippen LogP contribution in [0, 0.1) is 0 Å². The SMILES string of the molecule is CC(C)(C)c1ccc(-c2cc3c4c(c2)[Si](c2ccccc2)(c2ccccc2)c2ccccc2B4c2cc(N(c4ccccc4)c4ccc(C(C)(C)C)cc4)ccc2N3c2ccc(C(C)(C)C)cc2-c2ccccc2)cc1. The number of benzene rings is 10. The molecule has 0 amide bonds. The summed E-state index contributed by atoms with van der Waals surface area (Å²) in [6.45, 7) is 20.7. The lowest BCUT2D eigenvalue weighted by Crippen LogP contribution is -2.87. The van der Waals surface area contributed by atoms with Gasteiger partial charge in [-0.05, 0) is 142 Å². The Hall–Kier alpha value is -7.92. The summed E-state index contributed by atoms with van der Waals surface area (Å²) in [5, 5.41) is 5.65. The fourth-order valence-electron chi connectivity index (χ4n) is 12.3. The van der Waals surface area contributed by atoms with Gasteiger partial charge >= 0.3 is 0 Å². The Balaban J connectivity index is 1.23. The number of rotatable bonds is 8. The van der Waals surface area contributed by atoms with Gasteiger partial charge in [0.1, 0.15) is 0 Å². The molecule has 0 unspecified atom stereocenters. The molecule has 10 aromatic carbocycles. The predicted molar refractivity (Wildman–Crippen MR) is 331 cm³/mol. The van der Waals surface area contributed by atoms with E-state index >= 15 is 0 Å². The smallest absolute Gasteiger partial charge is 0.246 e. The van der Waals surface area contributed by atoms with Crippen LogP contribution in [0.4, 0.5) is 34.1 Å². The molecule has 4 heteroatoms. The molecule has 0 bridgehead atoms. The van der Waals surface area contributed by atoms with Crippen molar-refractivity contribution in [1.29, 1.82) is 0 Å². The first-order chi connectivity index (χ1) is 36.6. The van der Waals surface area contributed by atoms with Crippen LogP contribution in [0.15, 0.2) is 243 Å². The third-order valence-corrected chi connectivity index (χ3v) is 21.2. The van der Waals surface area contributed by atoms with Crippen molar-refractivity contribution in [3.05, 3.63) is 259 Å². The number of para-hydroxylation sites is 1. The largest absolute Gasteiger partial charge is 0.311 e. The first-order valence-electron chi connectivity index (χ1n) is 27.2. The van der Waals surface area contributed by atoms with Gasteiger partial charge in [0.25, 0.3) is 0 Å². The number of fused-ring (bicyclic) bond motifs is 4. The van der Waals surface area contributed by atoms with Crippen LogP contribution in [-0.4, -0.2) is 14.8 Å². The molecule has 12 rings (SSSR count). The molecule has 0 saturated carbocycles. The van der Waals surface area contributed by atoms with Crippen LogP contribution in [0.3, 0.4) is 0 Å². The minimum absolute atomic E-state index is 0.0262. The van der Waals surface area contributed by atoms with E-state index in [0.29, 0.717) is 0 Å². The summed E-state index contributed by atoms with van der Waals surface area (Å²) in [6, 6.07) is 93.0. The average Bonchev–Trinajstić information content (AvgIpc) is 3.32. The van der Waals surface area contributed by atoms with Gasteiger partial charge in [-0.25, -0.2) is 0 Å². The van der Waals surface area contributed by atoms with E-state index in [1.807, 2.05) is 0 Å². The molecule has 2 aliphatic rings. The second kappa shape index (κ2) is 18.7. The van der Waals surface area contributed by atoms with Gasteiger partial charge in [-0.2, -0.15) is 0 Å². The van der Waals surface area contributed by atoms with E-state index in [2.05, 4.69) is 315 Å². The molecule has 0 spiro atoms. The van der Waals surface area contributed by atoms with Crippen LogP contribution in [0.1, 0.15) is 79.0 Å². The van der Waals surface area contributed by atoms with Crippen LogP contribution in [-0.2, 0) is 16.2 Å². The molecule has 372 valence electrons. The van der Waals surface area contributed by atoms with E-state index in [-0.39, 0.29) is 23.0 Å². The molecule has 10 aromatic rings. The number of hydrogen-bond acceptors (Lipinski definition) is 2. The molecular formula is C72H67BN2Si. The van der Waals surface area contributed by atoms with Crippen molar-refractivity contribution in [3.8, 4) is 22.3 Å². The van der Waals surface area contributed by atoms with Gasteiger partial charge in [-0.3, -0.25) is 0 Å². The lowest BCUT2D eigenvalue weighted by Gasteiger charge is -2.48. The zero-order valence-electron chi connectivity index (χ0n) is 45.6. The minimum atomic E-state index is -3.10. The molecule has 0 aromatic heterocycles. The van der Waals surface area contributed by atoms with E-state index in [9.17, 15) is 0 Å². The number of nitrogens with zero attached hydrogens (tertiary/aromatic N) is 2. The van der Waals surface area contributed by atoms with E-state index in [1.54, 1.807) is 0 Å². The quantitative estimate of drug-likeness (QED) is 0.140. The highest BCUT2D eigenvalue weighted by Gasteiger charge is 2.53. The average molecular weight is 999 g/mol. The van der Waals surface area contributed by atoms with Crippen molar-refractivity contribution < 1.29 is 0 Å². The van der Waals surface area contributed by atoms with Crippen molar-refractivity contribution in [1.82, 2.24) is 0 Å². The topological polar surface area (TPSA) is 6.48 Å². The van der Waals surface area contributed by atoms with E-state index in [1.165, 1.54) is 87.5 Å². The van der Waals surface area contributed by atoms with E-state index in [0.717, 1.165) is 22.7 Å². The van der Waals surface area contributed by atoms with Crippen LogP contribution in [0.2, 0.25) is 0 Å². The maximum Gasteiger partial charge on any atom is 0.246 e. The van der Waals surface area contributed by atoms with Gasteiger partial charge in [0, 0.05) is 34.0 Å². The molecule has 0 N–H and O–H groups in total. The summed E-state index contributed by atoms with van der Waals surface area (Å²) < 4.78 is 0. The molecule has 76 heavy (non-hydrogen) atoms. The summed E-state index contributed by atoms with van der Waals surface area (Å²) in [7, 11) is -3.10. The summed E-state index contributed by atoms with van der Waals surface area (Å²) in [6.07, 6.45) is 0. The Morgan fingerprint density at radius 1 is 0.342 bits per heavy atom. The van der Waals surface area contributed by atoms with Gasteiger partial charge in [0.15, 0.2) is 8.07 Å². The minimum Gasteiger partial charge on any atom is -0.311 e. The first-order valence-corrected chi connectivity index (χ1v) is 29.2. The fraction of sp³-hybridized carbons (Fsp3) is 0.167. The van der Waals surface area contributed by atoms with Crippen LogP contribution < -0.4 is 46.9 Å². The summed E-state index contributed by atoms with van der Waals surface area (Å²) in [4.78, 5) is 5.11. The third-order valence-electron chi connectivity index (χ3n) is 16.3. The molecule has 2 aliphatic heterocycles. The van der Waals surface area contributed by atoms with E-state index < -0.39 is 8.07 Å². The highest BCUT2D eigenvalue weighted by molar-refractivity contribution is 7.26. The standard InChI is InChI=1S/C72H67BN2Si/c1-70(2,3)53-36-34-50(35-37-53)52-46-66-69-68(47-52)76(59-28-18-12-19-29-59,60-30-20-13-21-31-60)67-33-23-22-32-62(67)73(69)63-49-58(74(56-26-16-11-17-27-56)57-41-38-54(39-42-57)71(4,5)6)43-45-65(63)75(66)64-44-40-55(72(7,8)9)48-61(64)51-24-14-10-15-25-51/h10-49H,1-9H3. The lowest BCUT2D eigenvalue weighted by molar-refractivity contribution is 0.590. The van der Waals surface area contributed by atoms with Crippen molar-refractivity contribution in [2.24, 2.45) is 0 Å². The molecule has 0 aliphatic carbocycles. The molecule has 2 nitrogen and oxygen atoms in total. The van der Waals surface area contributed by atoms with Gasteiger partial charge in [0.2, 0.25) is 6.71 Å². The van der Waals surface area contributed by atoms with Crippen molar-refractivity contribution >= 4 is 86.0 Å². The molecule has 0 saturated heterocycles. The Morgan fingerprint density at radius 2 is 0.829 bits per heavy atom. The third kappa shape index (κ3) is 8.35. The fourth-order valence-corrected chi connectivity index (χ4v) is 17.6. The van der Waals surface area contributed by atoms with Crippen LogP contribution >= 0.6 is 0 Å². The van der Waals surface area contributed by atoms with Crippen molar-refractivity contribution in [3.63, 3.8) is 0 Å². The molecule has 2 heterocycles. The zero-order valence-corrected chi connectivity index (χ0v) is 46.6. The van der Waals surface area contributed by atoms with Crippen LogP contribution in [0.5, 0.6) is 0 Å². The normalized spacial score (nSPS) is 13.6. The lowest BCUT2D eigenvalue weighted by atomic mass is 9.34. The predicted octanol–water partition coefficient (Wildman–Crippen LogP) is 14.4. The number of hydrogen-bond donors (Lipinski definition) is 0. The van der Waals surface area contributed by atoms with Crippen LogP contribution in [0.25, 0.3) is 22.3 Å². The van der Waals surface area contributed by atoms with Gasteiger partial charge in [-0.15, -0.1) is 0 Å². The summed E-state index contributed by atoms with van der Waals surface area (Å²) in [5.41, 5.74) is 19.8. The number of anilines is 6. The molecule has 0 fully saturated rings. The Bertz CT molecular complexity index is 3700. The van der Waals surface area contributed by atoms with Crippen molar-refractivity contribution in [2.45, 2.75) is 78.6 Å². The van der Waals surface area contributed by atoms with Gasteiger partial charge < -0.3 is 9.80 Å². The second-order valence-electron chi connectivity index (χ2n) is 24.2. The Labute approximate surface area is 453 Å². The molecular weight excluding hydrogens is 932 g/mol. The first kappa shape index (κ1) is 49.0. The summed E-state index contributed by atoms with van der Waals surface area (Å²) in [5.74, 6) is 0. The Morgan fingerprint density at radius 3 is 1.42 bits per heavy atom. The summed E-state index contributed by atoms with van der Waals surface area (Å²) >= 11 is 0. The van der Waals surface area contributed by atoms with Crippen molar-refractivity contribution in [2.75, 3.05) is 9.80 Å². The Kier molecular flexibility index (Phi) is 12.1. The van der Waals surface area contributed by atoms with E-state index in [4.69, 9.17) is 0 Å². The highest BCUT2D eigenvalue weighted by Crippen LogP contribution is 2.46. The monoisotopic (exact) mass is 999 g/mol.